The van der Waals surface area contributed by atoms with Gasteiger partial charge in [0, 0.05) is 6.42 Å². The summed E-state index contributed by atoms with van der Waals surface area (Å²) < 4.78 is 5.60. The summed E-state index contributed by atoms with van der Waals surface area (Å²) in [7, 11) is 0. The van der Waals surface area contributed by atoms with Gasteiger partial charge in [-0.3, -0.25) is 0 Å². The summed E-state index contributed by atoms with van der Waals surface area (Å²) in [5, 5.41) is 11.5. The van der Waals surface area contributed by atoms with Crippen LogP contribution in [0, 0.1) is 0 Å². The molecule has 0 amide bonds. The van der Waals surface area contributed by atoms with Gasteiger partial charge < -0.3 is 15.7 Å². The molecule has 2 rings (SSSR count). The first-order valence-electron chi connectivity index (χ1n) is 4.97. The first kappa shape index (κ1) is 9.98. The van der Waals surface area contributed by atoms with Crippen LogP contribution in [0.4, 0.5) is 0 Å². The molecular weight excluding hydrogens is 192 g/mol. The number of hydrogen-bond donors (Lipinski definition) is 2. The van der Waals surface area contributed by atoms with Gasteiger partial charge in [-0.2, -0.15) is 0 Å². The van der Waals surface area contributed by atoms with Crippen molar-refractivity contribution in [2.24, 2.45) is 10.9 Å². The molecule has 1 aliphatic rings. The van der Waals surface area contributed by atoms with Crippen LogP contribution in [0.15, 0.2) is 29.4 Å². The Kier molecular flexibility index (Phi) is 2.87. The summed E-state index contributed by atoms with van der Waals surface area (Å²) in [6, 6.07) is 8.12. The van der Waals surface area contributed by atoms with Crippen LogP contribution in [-0.2, 0) is 11.2 Å². The predicted octanol–water partition coefficient (Wildman–Crippen LogP) is 1.44. The highest BCUT2D eigenvalue weighted by atomic mass is 16.5. The Labute approximate surface area is 88.3 Å². The van der Waals surface area contributed by atoms with E-state index in [-0.39, 0.29) is 11.9 Å². The van der Waals surface area contributed by atoms with Gasteiger partial charge in [-0.05, 0) is 17.5 Å². The second kappa shape index (κ2) is 4.31. The Morgan fingerprint density at radius 2 is 2.33 bits per heavy atom. The molecule has 1 unspecified atom stereocenters. The Balaban J connectivity index is 2.22. The smallest absolute Gasteiger partial charge is 0.142 e. The standard InChI is InChI=1S/C11H14N2O2/c12-11(13-14)7-10-9-4-2-1-3-8(9)5-6-15-10/h1-4,10,14H,5-7H2,(H2,12,13). The molecule has 1 aliphatic heterocycles. The van der Waals surface area contributed by atoms with Crippen LogP contribution in [0.25, 0.3) is 0 Å². The van der Waals surface area contributed by atoms with E-state index in [1.54, 1.807) is 0 Å². The number of ether oxygens (including phenoxy) is 1. The topological polar surface area (TPSA) is 67.8 Å². The van der Waals surface area contributed by atoms with Crippen molar-refractivity contribution in [2.45, 2.75) is 18.9 Å². The first-order valence-corrected chi connectivity index (χ1v) is 4.97. The second-order valence-corrected chi connectivity index (χ2v) is 3.60. The number of amidine groups is 1. The molecule has 0 bridgehead atoms. The van der Waals surface area contributed by atoms with E-state index in [1.807, 2.05) is 18.2 Å². The van der Waals surface area contributed by atoms with Gasteiger partial charge in [0.25, 0.3) is 0 Å². The Hall–Kier alpha value is -1.55. The molecule has 0 radical (unpaired) electrons. The summed E-state index contributed by atoms with van der Waals surface area (Å²) in [6.07, 6.45) is 1.29. The lowest BCUT2D eigenvalue weighted by Crippen LogP contribution is -2.22. The van der Waals surface area contributed by atoms with Crippen LogP contribution in [0.5, 0.6) is 0 Å². The van der Waals surface area contributed by atoms with Crippen LogP contribution in [-0.4, -0.2) is 17.6 Å². The minimum Gasteiger partial charge on any atom is -0.409 e. The fraction of sp³-hybridized carbons (Fsp3) is 0.364. The van der Waals surface area contributed by atoms with Gasteiger partial charge in [-0.15, -0.1) is 0 Å². The van der Waals surface area contributed by atoms with Crippen molar-refractivity contribution in [3.63, 3.8) is 0 Å². The Morgan fingerprint density at radius 1 is 1.53 bits per heavy atom. The van der Waals surface area contributed by atoms with E-state index < -0.39 is 0 Å². The van der Waals surface area contributed by atoms with Crippen molar-refractivity contribution in [1.29, 1.82) is 0 Å². The SMILES string of the molecule is NC(CC1OCCc2ccccc21)=NO. The molecule has 0 saturated carbocycles. The maximum atomic E-state index is 8.52. The first-order chi connectivity index (χ1) is 7.31. The van der Waals surface area contributed by atoms with Gasteiger partial charge in [0.15, 0.2) is 0 Å². The maximum absolute atomic E-state index is 8.52. The number of rotatable bonds is 2. The zero-order chi connectivity index (χ0) is 10.7. The second-order valence-electron chi connectivity index (χ2n) is 3.60. The lowest BCUT2D eigenvalue weighted by molar-refractivity contribution is 0.0468. The third kappa shape index (κ3) is 2.10. The van der Waals surface area contributed by atoms with Crippen molar-refractivity contribution in [3.8, 4) is 0 Å². The molecule has 3 N–H and O–H groups in total. The minimum absolute atomic E-state index is 0.0779. The zero-order valence-electron chi connectivity index (χ0n) is 8.39. The Bertz CT molecular complexity index is 377. The normalized spacial score (nSPS) is 21.1. The van der Waals surface area contributed by atoms with Crippen molar-refractivity contribution in [2.75, 3.05) is 6.61 Å². The molecule has 4 heteroatoms. The molecule has 15 heavy (non-hydrogen) atoms. The van der Waals surface area contributed by atoms with Gasteiger partial charge in [0.2, 0.25) is 0 Å². The molecule has 80 valence electrons. The van der Waals surface area contributed by atoms with E-state index in [1.165, 1.54) is 5.56 Å². The molecule has 0 saturated heterocycles. The number of nitrogens with zero attached hydrogens (tertiary/aromatic N) is 1. The number of fused-ring (bicyclic) bond motifs is 1. The van der Waals surface area contributed by atoms with Gasteiger partial charge in [0.05, 0.1) is 12.7 Å². The molecule has 1 atom stereocenters. The predicted molar refractivity (Wildman–Crippen MR) is 56.9 cm³/mol. The largest absolute Gasteiger partial charge is 0.409 e. The molecule has 1 aromatic rings. The van der Waals surface area contributed by atoms with Gasteiger partial charge in [-0.1, -0.05) is 29.4 Å². The molecule has 0 fully saturated rings. The monoisotopic (exact) mass is 206 g/mol. The minimum atomic E-state index is -0.0779. The van der Waals surface area contributed by atoms with Crippen LogP contribution < -0.4 is 5.73 Å². The lowest BCUT2D eigenvalue weighted by atomic mass is 9.96. The Morgan fingerprint density at radius 3 is 3.13 bits per heavy atom. The van der Waals surface area contributed by atoms with Crippen molar-refractivity contribution in [3.05, 3.63) is 35.4 Å². The van der Waals surface area contributed by atoms with E-state index in [2.05, 4.69) is 11.2 Å². The van der Waals surface area contributed by atoms with Crippen molar-refractivity contribution >= 4 is 5.84 Å². The van der Waals surface area contributed by atoms with E-state index in [0.29, 0.717) is 13.0 Å². The fourth-order valence-corrected chi connectivity index (χ4v) is 1.88. The molecule has 4 nitrogen and oxygen atoms in total. The lowest BCUT2D eigenvalue weighted by Gasteiger charge is -2.25. The average molecular weight is 206 g/mol. The molecular formula is C11H14N2O2. The van der Waals surface area contributed by atoms with Crippen LogP contribution in [0.2, 0.25) is 0 Å². The number of hydrogen-bond acceptors (Lipinski definition) is 3. The van der Waals surface area contributed by atoms with E-state index in [9.17, 15) is 0 Å². The van der Waals surface area contributed by atoms with Crippen molar-refractivity contribution in [1.82, 2.24) is 0 Å². The van der Waals surface area contributed by atoms with E-state index >= 15 is 0 Å². The summed E-state index contributed by atoms with van der Waals surface area (Å²) in [6.45, 7) is 0.695. The molecule has 0 aliphatic carbocycles. The molecule has 0 aromatic heterocycles. The highest BCUT2D eigenvalue weighted by Gasteiger charge is 2.21. The van der Waals surface area contributed by atoms with Gasteiger partial charge in [-0.25, -0.2) is 0 Å². The highest BCUT2D eigenvalue weighted by Crippen LogP contribution is 2.29. The van der Waals surface area contributed by atoms with E-state index in [0.717, 1.165) is 12.0 Å². The number of oxime groups is 1. The van der Waals surface area contributed by atoms with Crippen molar-refractivity contribution < 1.29 is 9.94 Å². The maximum Gasteiger partial charge on any atom is 0.142 e. The summed E-state index contributed by atoms with van der Waals surface area (Å²) in [5.41, 5.74) is 7.92. The van der Waals surface area contributed by atoms with Crippen LogP contribution >= 0.6 is 0 Å². The molecule has 0 spiro atoms. The summed E-state index contributed by atoms with van der Waals surface area (Å²) >= 11 is 0. The fourth-order valence-electron chi connectivity index (χ4n) is 1.88. The third-order valence-electron chi connectivity index (χ3n) is 2.62. The summed E-state index contributed by atoms with van der Waals surface area (Å²) in [4.78, 5) is 0. The number of benzene rings is 1. The average Bonchev–Trinajstić information content (AvgIpc) is 2.29. The third-order valence-corrected chi connectivity index (χ3v) is 2.62. The number of nitrogens with two attached hydrogens (primary N) is 1. The summed E-state index contributed by atoms with van der Waals surface area (Å²) in [5.74, 6) is 0.205. The van der Waals surface area contributed by atoms with Gasteiger partial charge in [0.1, 0.15) is 5.84 Å². The zero-order valence-corrected chi connectivity index (χ0v) is 8.39. The van der Waals surface area contributed by atoms with Crippen LogP contribution in [0.3, 0.4) is 0 Å². The molecule has 1 aromatic carbocycles. The quantitative estimate of drug-likeness (QED) is 0.333. The van der Waals surface area contributed by atoms with Crippen LogP contribution in [0.1, 0.15) is 23.7 Å². The highest BCUT2D eigenvalue weighted by molar-refractivity contribution is 5.80. The van der Waals surface area contributed by atoms with Gasteiger partial charge >= 0.3 is 0 Å². The van der Waals surface area contributed by atoms with E-state index in [4.69, 9.17) is 15.7 Å². The molecule has 1 heterocycles.